The van der Waals surface area contributed by atoms with Gasteiger partial charge in [-0.05, 0) is 24.6 Å². The summed E-state index contributed by atoms with van der Waals surface area (Å²) in [6.07, 6.45) is 2.69. The van der Waals surface area contributed by atoms with Crippen LogP contribution in [-0.2, 0) is 0 Å². The van der Waals surface area contributed by atoms with Crippen molar-refractivity contribution in [3.63, 3.8) is 0 Å². The first-order valence-corrected chi connectivity index (χ1v) is 6.52. The van der Waals surface area contributed by atoms with Crippen LogP contribution in [0, 0.1) is 6.92 Å². The summed E-state index contributed by atoms with van der Waals surface area (Å²) in [6, 6.07) is 7.85. The largest absolute Gasteiger partial charge is 0.492 e. The maximum absolute atomic E-state index is 10.7. The van der Waals surface area contributed by atoms with Gasteiger partial charge in [0, 0.05) is 7.05 Å². The molecule has 1 heterocycles. The number of benzene rings is 1. The molecular weight excluding hydrogens is 270 g/mol. The molecular formula is C15H17N3O3. The van der Waals surface area contributed by atoms with E-state index in [1.165, 1.54) is 12.4 Å². The van der Waals surface area contributed by atoms with Gasteiger partial charge in [0.05, 0.1) is 18.9 Å². The number of aromatic carboxylic acids is 1. The maximum atomic E-state index is 10.7. The number of rotatable bonds is 6. The first kappa shape index (κ1) is 14.8. The van der Waals surface area contributed by atoms with E-state index >= 15 is 0 Å². The molecule has 21 heavy (non-hydrogen) atoms. The van der Waals surface area contributed by atoms with Crippen molar-refractivity contribution in [2.75, 3.05) is 25.1 Å². The zero-order valence-corrected chi connectivity index (χ0v) is 12.0. The monoisotopic (exact) mass is 287 g/mol. The highest BCUT2D eigenvalue weighted by molar-refractivity contribution is 5.84. The number of ether oxygens (including phenoxy) is 1. The molecule has 2 aromatic rings. The van der Waals surface area contributed by atoms with Crippen LogP contribution in [0.5, 0.6) is 5.75 Å². The molecule has 0 unspecified atom stereocenters. The third-order valence-electron chi connectivity index (χ3n) is 2.93. The topological polar surface area (TPSA) is 75.5 Å². The predicted molar refractivity (Wildman–Crippen MR) is 78.9 cm³/mol. The van der Waals surface area contributed by atoms with Crippen molar-refractivity contribution in [2.45, 2.75) is 6.92 Å². The number of carbonyl (C=O) groups is 1. The van der Waals surface area contributed by atoms with Gasteiger partial charge in [-0.3, -0.25) is 0 Å². The van der Waals surface area contributed by atoms with Crippen LogP contribution in [0.4, 0.5) is 5.82 Å². The summed E-state index contributed by atoms with van der Waals surface area (Å²) in [5.41, 5.74) is 1.08. The van der Waals surface area contributed by atoms with Gasteiger partial charge < -0.3 is 14.7 Å². The average molecular weight is 287 g/mol. The lowest BCUT2D eigenvalue weighted by molar-refractivity contribution is 0.0690. The minimum Gasteiger partial charge on any atom is -0.492 e. The molecule has 0 saturated heterocycles. The maximum Gasteiger partial charge on any atom is 0.356 e. The van der Waals surface area contributed by atoms with Crippen LogP contribution >= 0.6 is 0 Å². The number of hydrogen-bond acceptors (Lipinski definition) is 5. The fourth-order valence-corrected chi connectivity index (χ4v) is 1.75. The Morgan fingerprint density at radius 1 is 1.33 bits per heavy atom. The lowest BCUT2D eigenvalue weighted by Gasteiger charge is -2.18. The Morgan fingerprint density at radius 3 is 2.76 bits per heavy atom. The van der Waals surface area contributed by atoms with Crippen molar-refractivity contribution in [1.29, 1.82) is 0 Å². The van der Waals surface area contributed by atoms with Gasteiger partial charge in [0.15, 0.2) is 5.69 Å². The summed E-state index contributed by atoms with van der Waals surface area (Å²) in [5, 5.41) is 8.77. The smallest absolute Gasteiger partial charge is 0.356 e. The lowest BCUT2D eigenvalue weighted by atomic mass is 10.2. The number of aryl methyl sites for hydroxylation is 1. The van der Waals surface area contributed by atoms with E-state index in [1.807, 2.05) is 43.1 Å². The molecule has 0 aliphatic rings. The molecule has 0 amide bonds. The Balaban J connectivity index is 1.86. The normalized spacial score (nSPS) is 10.2. The number of aromatic nitrogens is 2. The quantitative estimate of drug-likeness (QED) is 0.875. The third-order valence-corrected chi connectivity index (χ3v) is 2.93. The van der Waals surface area contributed by atoms with Crippen molar-refractivity contribution >= 4 is 11.8 Å². The second-order valence-corrected chi connectivity index (χ2v) is 4.65. The van der Waals surface area contributed by atoms with Crippen LogP contribution in [0.3, 0.4) is 0 Å². The second-order valence-electron chi connectivity index (χ2n) is 4.65. The van der Waals surface area contributed by atoms with E-state index in [-0.39, 0.29) is 5.69 Å². The Labute approximate surface area is 123 Å². The molecule has 0 radical (unpaired) electrons. The lowest BCUT2D eigenvalue weighted by Crippen LogP contribution is -2.25. The fraction of sp³-hybridized carbons (Fsp3) is 0.267. The number of carboxylic acids is 1. The highest BCUT2D eigenvalue weighted by Crippen LogP contribution is 2.12. The van der Waals surface area contributed by atoms with Gasteiger partial charge in [-0.1, -0.05) is 12.1 Å². The van der Waals surface area contributed by atoms with Crippen molar-refractivity contribution < 1.29 is 14.6 Å². The molecule has 1 N–H and O–H groups in total. The van der Waals surface area contributed by atoms with Gasteiger partial charge >= 0.3 is 5.97 Å². The molecule has 0 bridgehead atoms. The van der Waals surface area contributed by atoms with Crippen LogP contribution < -0.4 is 9.64 Å². The molecule has 110 valence electrons. The zero-order chi connectivity index (χ0) is 15.2. The van der Waals surface area contributed by atoms with Crippen LogP contribution in [-0.4, -0.2) is 41.2 Å². The Morgan fingerprint density at radius 2 is 2.14 bits per heavy atom. The van der Waals surface area contributed by atoms with Crippen molar-refractivity contribution in [2.24, 2.45) is 0 Å². The summed E-state index contributed by atoms with van der Waals surface area (Å²) in [4.78, 5) is 20.5. The molecule has 2 rings (SSSR count). The molecule has 1 aromatic carbocycles. The Kier molecular flexibility index (Phi) is 4.71. The summed E-state index contributed by atoms with van der Waals surface area (Å²) >= 11 is 0. The molecule has 0 spiro atoms. The molecule has 0 aliphatic carbocycles. The summed E-state index contributed by atoms with van der Waals surface area (Å²) < 4.78 is 5.66. The third kappa shape index (κ3) is 4.17. The van der Waals surface area contributed by atoms with E-state index in [4.69, 9.17) is 9.84 Å². The van der Waals surface area contributed by atoms with E-state index in [0.29, 0.717) is 19.0 Å². The first-order valence-electron chi connectivity index (χ1n) is 6.52. The van der Waals surface area contributed by atoms with Gasteiger partial charge in [0.1, 0.15) is 18.2 Å². The Hall–Kier alpha value is -2.63. The highest BCUT2D eigenvalue weighted by atomic mass is 16.5. The SMILES string of the molecule is Cc1cccc(OCCN(C)c2cnc(C(=O)O)cn2)c1. The molecule has 0 saturated carbocycles. The standard InChI is InChI=1S/C15H17N3O3/c1-11-4-3-5-12(8-11)21-7-6-18(2)14-10-16-13(9-17-14)15(19)20/h3-5,8-10H,6-7H2,1-2H3,(H,19,20). The minimum absolute atomic E-state index is 0.0665. The number of carboxylic acid groups (broad SMARTS) is 1. The van der Waals surface area contributed by atoms with Gasteiger partial charge in [0.2, 0.25) is 0 Å². The van der Waals surface area contributed by atoms with Gasteiger partial charge in [-0.15, -0.1) is 0 Å². The van der Waals surface area contributed by atoms with E-state index < -0.39 is 5.97 Å². The number of hydrogen-bond donors (Lipinski definition) is 1. The minimum atomic E-state index is -1.08. The fourth-order valence-electron chi connectivity index (χ4n) is 1.75. The molecule has 1 aromatic heterocycles. The molecule has 6 nitrogen and oxygen atoms in total. The average Bonchev–Trinajstić information content (AvgIpc) is 2.47. The predicted octanol–water partition coefficient (Wildman–Crippen LogP) is 2.00. The molecule has 0 fully saturated rings. The molecule has 0 atom stereocenters. The number of anilines is 1. The zero-order valence-electron chi connectivity index (χ0n) is 12.0. The summed E-state index contributed by atoms with van der Waals surface area (Å²) in [5.74, 6) is 0.350. The van der Waals surface area contributed by atoms with Gasteiger partial charge in [0.25, 0.3) is 0 Å². The van der Waals surface area contributed by atoms with Gasteiger partial charge in [-0.25, -0.2) is 14.8 Å². The first-order chi connectivity index (χ1) is 10.1. The number of likely N-dealkylation sites (N-methyl/N-ethyl adjacent to an activating group) is 1. The van der Waals surface area contributed by atoms with Gasteiger partial charge in [-0.2, -0.15) is 0 Å². The van der Waals surface area contributed by atoms with Crippen LogP contribution in [0.1, 0.15) is 16.1 Å². The van der Waals surface area contributed by atoms with Crippen molar-refractivity contribution in [3.05, 3.63) is 47.9 Å². The number of nitrogens with zero attached hydrogens (tertiary/aromatic N) is 3. The van der Waals surface area contributed by atoms with Crippen molar-refractivity contribution in [3.8, 4) is 5.75 Å². The second kappa shape index (κ2) is 6.69. The van der Waals surface area contributed by atoms with Crippen LogP contribution in [0.25, 0.3) is 0 Å². The Bertz CT molecular complexity index is 614. The van der Waals surface area contributed by atoms with E-state index in [1.54, 1.807) is 0 Å². The van der Waals surface area contributed by atoms with Crippen LogP contribution in [0.2, 0.25) is 0 Å². The summed E-state index contributed by atoms with van der Waals surface area (Å²) in [6.45, 7) is 3.13. The van der Waals surface area contributed by atoms with E-state index in [9.17, 15) is 4.79 Å². The highest BCUT2D eigenvalue weighted by Gasteiger charge is 2.07. The summed E-state index contributed by atoms with van der Waals surface area (Å²) in [7, 11) is 1.85. The van der Waals surface area contributed by atoms with E-state index in [0.717, 1.165) is 11.3 Å². The van der Waals surface area contributed by atoms with Crippen LogP contribution in [0.15, 0.2) is 36.7 Å². The molecule has 6 heteroatoms. The van der Waals surface area contributed by atoms with Crippen molar-refractivity contribution in [1.82, 2.24) is 9.97 Å². The van der Waals surface area contributed by atoms with E-state index in [2.05, 4.69) is 9.97 Å². The molecule has 0 aliphatic heterocycles.